The van der Waals surface area contributed by atoms with Crippen molar-refractivity contribution >= 4 is 34.4 Å². The fourth-order valence-electron chi connectivity index (χ4n) is 6.48. The summed E-state index contributed by atoms with van der Waals surface area (Å²) in [6.45, 7) is 3.03. The quantitative estimate of drug-likeness (QED) is 0.286. The lowest BCUT2D eigenvalue weighted by Gasteiger charge is -2.40. The monoisotopic (exact) mass is 633 g/mol. The van der Waals surface area contributed by atoms with Crippen molar-refractivity contribution in [2.45, 2.75) is 55.9 Å². The molecule has 0 aromatic heterocycles. The molecular formula is C35H40ClN3O4S. The van der Waals surface area contributed by atoms with Crippen LogP contribution in [0, 0.1) is 5.92 Å². The molecule has 2 aliphatic heterocycles. The van der Waals surface area contributed by atoms with E-state index in [0.29, 0.717) is 54.2 Å². The van der Waals surface area contributed by atoms with Crippen molar-refractivity contribution in [3.8, 4) is 16.9 Å². The average molecular weight is 634 g/mol. The molecule has 2 heterocycles. The second kappa shape index (κ2) is 14.3. The van der Waals surface area contributed by atoms with Crippen LogP contribution >= 0.6 is 11.6 Å². The van der Waals surface area contributed by atoms with Crippen molar-refractivity contribution in [1.29, 1.82) is 0 Å². The molecule has 1 unspecified atom stereocenters. The zero-order valence-electron chi connectivity index (χ0n) is 25.0. The van der Waals surface area contributed by atoms with E-state index in [1.807, 2.05) is 77.7 Å². The number of halogens is 1. The van der Waals surface area contributed by atoms with Crippen molar-refractivity contribution in [3.63, 3.8) is 0 Å². The zero-order valence-corrected chi connectivity index (χ0v) is 26.6. The molecule has 3 aromatic carbocycles. The lowest BCUT2D eigenvalue weighted by molar-refractivity contribution is -0.135. The first kappa shape index (κ1) is 30.8. The summed E-state index contributed by atoms with van der Waals surface area (Å²) >= 11 is 6.03. The number of hydrogen-bond acceptors (Lipinski definition) is 4. The number of nitrogens with zero attached hydrogens (tertiary/aromatic N) is 3. The van der Waals surface area contributed by atoms with E-state index in [9.17, 15) is 13.8 Å². The fraction of sp³-hybridized carbons (Fsp3) is 0.429. The zero-order chi connectivity index (χ0) is 30.5. The van der Waals surface area contributed by atoms with E-state index >= 15 is 0 Å². The Bertz CT molecular complexity index is 1450. The lowest BCUT2D eigenvalue weighted by atomic mass is 9.90. The molecule has 232 valence electrons. The van der Waals surface area contributed by atoms with Crippen LogP contribution in [0.25, 0.3) is 11.1 Å². The Morgan fingerprint density at radius 3 is 2.05 bits per heavy atom. The highest BCUT2D eigenvalue weighted by Crippen LogP contribution is 2.27. The Hall–Kier alpha value is -3.20. The SMILES string of the molecule is O=C(c1ccc(-c2ccc(Cl)cc2)cc1)N1CCN(S(=O)c2ccc(OCC3CCCCC3)cc2)[C@H](C(=O)N2CCCC2)C1. The van der Waals surface area contributed by atoms with Crippen LogP contribution < -0.4 is 4.74 Å². The van der Waals surface area contributed by atoms with Gasteiger partial charge in [0.25, 0.3) is 5.91 Å². The molecule has 3 aliphatic rings. The number of amides is 2. The van der Waals surface area contributed by atoms with E-state index in [-0.39, 0.29) is 18.4 Å². The van der Waals surface area contributed by atoms with Crippen molar-refractivity contribution in [3.05, 3.63) is 83.4 Å². The first-order chi connectivity index (χ1) is 21.5. The van der Waals surface area contributed by atoms with Gasteiger partial charge in [0.05, 0.1) is 11.5 Å². The standard InChI is InChI=1S/C35H40ClN3O4S/c36-30-14-12-28(13-15-30)27-8-10-29(11-9-27)34(40)38-22-23-39(33(24-38)35(41)37-20-4-5-21-37)44(42)32-18-16-31(17-19-32)43-25-26-6-2-1-3-7-26/h8-19,26,33H,1-7,20-25H2/t33-,44?/m0/s1. The van der Waals surface area contributed by atoms with Crippen molar-refractivity contribution in [2.75, 3.05) is 39.3 Å². The highest BCUT2D eigenvalue weighted by atomic mass is 35.5. The molecule has 0 spiro atoms. The van der Waals surface area contributed by atoms with Gasteiger partial charge in [-0.05, 0) is 91.3 Å². The maximum atomic E-state index is 13.9. The van der Waals surface area contributed by atoms with Gasteiger partial charge in [0.2, 0.25) is 5.91 Å². The van der Waals surface area contributed by atoms with Gasteiger partial charge in [-0.2, -0.15) is 0 Å². The third-order valence-corrected chi connectivity index (χ3v) is 10.9. The maximum absolute atomic E-state index is 13.9. The van der Waals surface area contributed by atoms with Crippen LogP contribution in [-0.4, -0.2) is 75.5 Å². The van der Waals surface area contributed by atoms with E-state index in [4.69, 9.17) is 16.3 Å². The average Bonchev–Trinajstić information content (AvgIpc) is 3.63. The summed E-state index contributed by atoms with van der Waals surface area (Å²) in [6.07, 6.45) is 8.24. The number of hydrogen-bond donors (Lipinski definition) is 0. The second-order valence-corrected chi connectivity index (χ2v) is 13.9. The van der Waals surface area contributed by atoms with E-state index in [1.54, 1.807) is 9.21 Å². The molecule has 44 heavy (non-hydrogen) atoms. The van der Waals surface area contributed by atoms with Crippen LogP contribution in [0.3, 0.4) is 0 Å². The number of piperazine rings is 1. The normalized spacial score (nSPS) is 20.4. The largest absolute Gasteiger partial charge is 0.493 e. The minimum atomic E-state index is -1.55. The molecule has 0 radical (unpaired) electrons. The van der Waals surface area contributed by atoms with Gasteiger partial charge in [-0.3, -0.25) is 9.59 Å². The molecule has 3 aromatic rings. The number of carbonyl (C=O) groups is 2. The Labute approximate surface area is 267 Å². The summed E-state index contributed by atoms with van der Waals surface area (Å²) in [5, 5.41) is 0.676. The fourth-order valence-corrected chi connectivity index (χ4v) is 7.89. The van der Waals surface area contributed by atoms with Crippen molar-refractivity contribution in [2.24, 2.45) is 5.92 Å². The smallest absolute Gasteiger partial charge is 0.253 e. The van der Waals surface area contributed by atoms with E-state index in [0.717, 1.165) is 29.7 Å². The van der Waals surface area contributed by atoms with Crippen LogP contribution in [-0.2, 0) is 15.8 Å². The molecule has 0 bridgehead atoms. The summed E-state index contributed by atoms with van der Waals surface area (Å²) in [5.74, 6) is 1.20. The Morgan fingerprint density at radius 2 is 1.39 bits per heavy atom. The highest BCUT2D eigenvalue weighted by molar-refractivity contribution is 7.82. The molecule has 1 saturated carbocycles. The summed E-state index contributed by atoms with van der Waals surface area (Å²) in [4.78, 5) is 31.6. The minimum absolute atomic E-state index is 0.0566. The molecule has 0 N–H and O–H groups in total. The molecule has 2 saturated heterocycles. The predicted octanol–water partition coefficient (Wildman–Crippen LogP) is 6.44. The third kappa shape index (κ3) is 7.19. The second-order valence-electron chi connectivity index (χ2n) is 12.1. The topological polar surface area (TPSA) is 70.2 Å². The molecule has 6 rings (SSSR count). The number of benzene rings is 3. The van der Waals surface area contributed by atoms with Crippen LogP contribution in [0.1, 0.15) is 55.3 Å². The summed E-state index contributed by atoms with van der Waals surface area (Å²) < 4.78 is 21.7. The van der Waals surface area contributed by atoms with Gasteiger partial charge in [0, 0.05) is 43.3 Å². The first-order valence-electron chi connectivity index (χ1n) is 15.8. The van der Waals surface area contributed by atoms with E-state index < -0.39 is 17.0 Å². The van der Waals surface area contributed by atoms with E-state index in [1.165, 1.54) is 32.1 Å². The third-order valence-electron chi connectivity index (χ3n) is 9.08. The number of ether oxygens (including phenoxy) is 1. The molecule has 9 heteroatoms. The predicted molar refractivity (Wildman–Crippen MR) is 174 cm³/mol. The number of likely N-dealkylation sites (tertiary alicyclic amines) is 1. The molecule has 3 fully saturated rings. The Balaban J connectivity index is 1.14. The van der Waals surface area contributed by atoms with Crippen LogP contribution in [0.5, 0.6) is 5.75 Å². The van der Waals surface area contributed by atoms with Crippen LogP contribution in [0.4, 0.5) is 0 Å². The number of rotatable bonds is 8. The van der Waals surface area contributed by atoms with Gasteiger partial charge >= 0.3 is 0 Å². The van der Waals surface area contributed by atoms with Gasteiger partial charge in [-0.25, -0.2) is 8.51 Å². The van der Waals surface area contributed by atoms with Crippen LogP contribution in [0.2, 0.25) is 5.02 Å². The van der Waals surface area contributed by atoms with Gasteiger partial charge in [0.1, 0.15) is 22.8 Å². The Morgan fingerprint density at radius 1 is 0.750 bits per heavy atom. The van der Waals surface area contributed by atoms with Gasteiger partial charge in [-0.1, -0.05) is 55.1 Å². The molecule has 1 aliphatic carbocycles. The summed E-state index contributed by atoms with van der Waals surface area (Å²) in [7, 11) is -1.55. The molecule has 2 amide bonds. The van der Waals surface area contributed by atoms with Crippen LogP contribution in [0.15, 0.2) is 77.7 Å². The van der Waals surface area contributed by atoms with Crippen molar-refractivity contribution < 1.29 is 18.5 Å². The molecule has 2 atom stereocenters. The van der Waals surface area contributed by atoms with Gasteiger partial charge in [-0.15, -0.1) is 0 Å². The minimum Gasteiger partial charge on any atom is -0.493 e. The highest BCUT2D eigenvalue weighted by Gasteiger charge is 2.40. The molecule has 7 nitrogen and oxygen atoms in total. The Kier molecular flexibility index (Phi) is 9.99. The van der Waals surface area contributed by atoms with Crippen molar-refractivity contribution in [1.82, 2.24) is 14.1 Å². The first-order valence-corrected chi connectivity index (χ1v) is 17.3. The van der Waals surface area contributed by atoms with E-state index in [2.05, 4.69) is 0 Å². The van der Waals surface area contributed by atoms with Gasteiger partial charge < -0.3 is 14.5 Å². The lowest BCUT2D eigenvalue weighted by Crippen LogP contribution is -2.60. The maximum Gasteiger partial charge on any atom is 0.253 e. The molecular weight excluding hydrogens is 594 g/mol. The summed E-state index contributed by atoms with van der Waals surface area (Å²) in [6, 6.07) is 21.8. The van der Waals surface area contributed by atoms with Gasteiger partial charge in [0.15, 0.2) is 0 Å². The summed E-state index contributed by atoms with van der Waals surface area (Å²) in [5.41, 5.74) is 2.57. The number of carbonyl (C=O) groups excluding carboxylic acids is 2.